The van der Waals surface area contributed by atoms with Crippen LogP contribution in [0.2, 0.25) is 0 Å². The van der Waals surface area contributed by atoms with E-state index in [1.807, 2.05) is 108 Å². The second-order valence-corrected chi connectivity index (χ2v) is 20.8. The SMILES string of the molecule is CC[C@H](C)[C@@H]([C@@H](CC(O)N1CCC[C@H]1[C@H](OC)[C@@H](C)C(=O)N[C@@H](Cc1ccccc1)c1nccs1)OC)N(C)C(=O)[C@@H](CC(=O)[C@H](C(C)C)N(C)CCCNC(=O)OC(C)(C)C)C(C)C. The molecular formula is C50H84N6O8S. The van der Waals surface area contributed by atoms with Crippen LogP contribution in [0.4, 0.5) is 4.79 Å². The molecule has 2 heterocycles. The Morgan fingerprint density at radius 2 is 1.68 bits per heavy atom. The summed E-state index contributed by atoms with van der Waals surface area (Å²) in [6, 6.07) is 8.72. The number of likely N-dealkylation sites (N-methyl/N-ethyl adjacent to an activating group) is 2. The van der Waals surface area contributed by atoms with E-state index in [9.17, 15) is 24.3 Å². The Hall–Kier alpha value is -3.47. The molecule has 3 rings (SSSR count). The number of rotatable bonds is 27. The Morgan fingerprint density at radius 3 is 2.23 bits per heavy atom. The van der Waals surface area contributed by atoms with E-state index in [4.69, 9.17) is 14.2 Å². The van der Waals surface area contributed by atoms with Gasteiger partial charge in [-0.2, -0.15) is 0 Å². The minimum atomic E-state index is -0.930. The molecule has 10 atom stereocenters. The van der Waals surface area contributed by atoms with E-state index in [2.05, 4.69) is 29.5 Å². The summed E-state index contributed by atoms with van der Waals surface area (Å²) < 4.78 is 17.6. The van der Waals surface area contributed by atoms with Gasteiger partial charge in [0.05, 0.1) is 36.3 Å². The molecule has 1 unspecified atom stereocenters. The number of ketones is 1. The topological polar surface area (TPSA) is 163 Å². The summed E-state index contributed by atoms with van der Waals surface area (Å²) in [6.45, 7) is 21.1. The molecule has 1 aromatic heterocycles. The first kappa shape index (κ1) is 55.9. The average molecular weight is 929 g/mol. The summed E-state index contributed by atoms with van der Waals surface area (Å²) in [7, 11) is 6.98. The van der Waals surface area contributed by atoms with E-state index in [1.165, 1.54) is 11.3 Å². The lowest BCUT2D eigenvalue weighted by molar-refractivity contribution is -0.148. The number of methoxy groups -OCH3 is 2. The third kappa shape index (κ3) is 16.7. The van der Waals surface area contributed by atoms with Crippen molar-refractivity contribution in [1.82, 2.24) is 30.3 Å². The van der Waals surface area contributed by atoms with Gasteiger partial charge in [0.1, 0.15) is 16.8 Å². The van der Waals surface area contributed by atoms with E-state index in [-0.39, 0.29) is 66.3 Å². The van der Waals surface area contributed by atoms with Crippen LogP contribution in [0.15, 0.2) is 41.9 Å². The molecule has 65 heavy (non-hydrogen) atoms. The lowest BCUT2D eigenvalue weighted by Crippen LogP contribution is -2.55. The summed E-state index contributed by atoms with van der Waals surface area (Å²) in [5, 5.41) is 20.9. The number of nitrogens with one attached hydrogen (secondary N) is 2. The van der Waals surface area contributed by atoms with Crippen molar-refractivity contribution in [1.29, 1.82) is 0 Å². The highest BCUT2D eigenvalue weighted by Gasteiger charge is 2.44. The third-order valence-electron chi connectivity index (χ3n) is 13.1. The first-order valence-corrected chi connectivity index (χ1v) is 24.7. The van der Waals surface area contributed by atoms with Crippen molar-refractivity contribution in [3.63, 3.8) is 0 Å². The van der Waals surface area contributed by atoms with Crippen LogP contribution in [0.3, 0.4) is 0 Å². The molecule has 14 nitrogen and oxygen atoms in total. The minimum Gasteiger partial charge on any atom is -0.444 e. The van der Waals surface area contributed by atoms with Gasteiger partial charge < -0.3 is 34.9 Å². The fraction of sp³-hybridized carbons (Fsp3) is 0.740. The third-order valence-corrected chi connectivity index (χ3v) is 14.0. The van der Waals surface area contributed by atoms with Gasteiger partial charge in [0.25, 0.3) is 0 Å². The van der Waals surface area contributed by atoms with Crippen LogP contribution in [-0.4, -0.2) is 139 Å². The lowest BCUT2D eigenvalue weighted by atomic mass is 9.83. The van der Waals surface area contributed by atoms with Gasteiger partial charge in [0.15, 0.2) is 5.78 Å². The molecule has 0 saturated carbocycles. The van der Waals surface area contributed by atoms with Crippen molar-refractivity contribution in [3.05, 3.63) is 52.5 Å². The highest BCUT2D eigenvalue weighted by Crippen LogP contribution is 2.33. The predicted molar refractivity (Wildman–Crippen MR) is 258 cm³/mol. The van der Waals surface area contributed by atoms with E-state index in [0.717, 1.165) is 29.8 Å². The molecule has 368 valence electrons. The van der Waals surface area contributed by atoms with Crippen LogP contribution in [0.5, 0.6) is 0 Å². The summed E-state index contributed by atoms with van der Waals surface area (Å²) >= 11 is 1.51. The number of likely N-dealkylation sites (tertiary alicyclic amines) is 1. The first-order valence-electron chi connectivity index (χ1n) is 23.8. The number of carbonyl (C=O) groups is 4. The van der Waals surface area contributed by atoms with Crippen LogP contribution in [-0.2, 0) is 35.0 Å². The van der Waals surface area contributed by atoms with Gasteiger partial charge in [-0.1, -0.05) is 85.2 Å². The van der Waals surface area contributed by atoms with Crippen molar-refractivity contribution in [2.75, 3.05) is 47.9 Å². The molecule has 0 spiro atoms. The highest BCUT2D eigenvalue weighted by molar-refractivity contribution is 7.09. The lowest BCUT2D eigenvalue weighted by Gasteiger charge is -2.42. The molecule has 0 radical (unpaired) electrons. The molecule has 15 heteroatoms. The number of amides is 3. The summed E-state index contributed by atoms with van der Waals surface area (Å²) in [5.74, 6) is -1.44. The maximum atomic E-state index is 14.7. The molecule has 2 aromatic rings. The number of carbonyl (C=O) groups excluding carboxylic acids is 4. The number of hydrogen-bond acceptors (Lipinski definition) is 12. The van der Waals surface area contributed by atoms with Crippen LogP contribution in [0.1, 0.15) is 124 Å². The van der Waals surface area contributed by atoms with Gasteiger partial charge in [0.2, 0.25) is 11.8 Å². The van der Waals surface area contributed by atoms with Gasteiger partial charge in [-0.25, -0.2) is 9.78 Å². The Kier molecular flexibility index (Phi) is 23.0. The molecule has 3 N–H and O–H groups in total. The van der Waals surface area contributed by atoms with Crippen molar-refractivity contribution in [3.8, 4) is 0 Å². The molecule has 1 aliphatic heterocycles. The van der Waals surface area contributed by atoms with Gasteiger partial charge >= 0.3 is 6.09 Å². The van der Waals surface area contributed by atoms with E-state index in [1.54, 1.807) is 32.4 Å². The predicted octanol–water partition coefficient (Wildman–Crippen LogP) is 7.36. The number of thiazole rings is 1. The number of alkyl carbamates (subject to hydrolysis) is 1. The quantitative estimate of drug-likeness (QED) is 0.0768. The Labute approximate surface area is 394 Å². The van der Waals surface area contributed by atoms with Crippen LogP contribution in [0, 0.1) is 29.6 Å². The summed E-state index contributed by atoms with van der Waals surface area (Å²) in [5.41, 5.74) is 0.513. The second-order valence-electron chi connectivity index (χ2n) is 19.8. The van der Waals surface area contributed by atoms with Crippen molar-refractivity contribution >= 4 is 35.0 Å². The number of Topliss-reactive ketones (excluding diaryl/α,β-unsaturated/α-hetero) is 1. The van der Waals surface area contributed by atoms with Gasteiger partial charge in [0, 0.05) is 77.3 Å². The smallest absolute Gasteiger partial charge is 0.407 e. The Balaban J connectivity index is 1.74. The maximum absolute atomic E-state index is 14.7. The zero-order valence-electron chi connectivity index (χ0n) is 42.0. The number of aliphatic hydroxyl groups is 1. The molecule has 1 fully saturated rings. The largest absolute Gasteiger partial charge is 0.444 e. The Bertz CT molecular complexity index is 1730. The molecule has 0 bridgehead atoms. The standard InChI is InChI=1S/C50H84N6O8S/c1-15-34(6)44(55(12)48(60)37(32(2)3)30-40(57)43(33(4)5)54(11)26-20-24-52-49(61)64-50(8,9)10)41(62-13)31-42(58)56-27-19-23-39(56)45(63-14)35(7)46(59)53-38(47-51-25-28-65-47)29-36-21-17-16-18-22-36/h16-18,21-22,25,28,32-35,37-39,41-45,58H,15,19-20,23-24,26-27,29-31H2,1-14H3,(H,52,61)(H,53,59)/t34-,35+,37-,38-,39-,41+,42?,43-,44-,45+/m0/s1. The van der Waals surface area contributed by atoms with Crippen molar-refractivity contribution < 1.29 is 38.5 Å². The van der Waals surface area contributed by atoms with Crippen LogP contribution in [0.25, 0.3) is 0 Å². The number of hydrogen-bond donors (Lipinski definition) is 3. The number of aliphatic hydroxyl groups excluding tert-OH is 1. The molecule has 0 aliphatic carbocycles. The van der Waals surface area contributed by atoms with E-state index >= 15 is 0 Å². The fourth-order valence-electron chi connectivity index (χ4n) is 9.55. The fourth-order valence-corrected chi connectivity index (χ4v) is 10.2. The van der Waals surface area contributed by atoms with Crippen LogP contribution >= 0.6 is 11.3 Å². The molecule has 1 saturated heterocycles. The zero-order chi connectivity index (χ0) is 48.6. The maximum Gasteiger partial charge on any atom is 0.407 e. The van der Waals surface area contributed by atoms with Gasteiger partial charge in [-0.3, -0.25) is 24.2 Å². The van der Waals surface area contributed by atoms with E-state index < -0.39 is 48.0 Å². The normalized spacial score (nSPS) is 19.0. The number of nitrogens with zero attached hydrogens (tertiary/aromatic N) is 4. The number of aromatic nitrogens is 1. The Morgan fingerprint density at radius 1 is 1.00 bits per heavy atom. The number of benzene rings is 1. The molecule has 3 amide bonds. The summed E-state index contributed by atoms with van der Waals surface area (Å²) in [4.78, 5) is 65.4. The van der Waals surface area contributed by atoms with Crippen molar-refractivity contribution in [2.24, 2.45) is 29.6 Å². The van der Waals surface area contributed by atoms with Crippen molar-refractivity contribution in [2.45, 2.75) is 162 Å². The van der Waals surface area contributed by atoms with E-state index in [0.29, 0.717) is 32.5 Å². The monoisotopic (exact) mass is 929 g/mol. The molecule has 1 aromatic carbocycles. The molecular weight excluding hydrogens is 845 g/mol. The highest BCUT2D eigenvalue weighted by atomic mass is 32.1. The zero-order valence-corrected chi connectivity index (χ0v) is 42.9. The van der Waals surface area contributed by atoms with Crippen LogP contribution < -0.4 is 10.6 Å². The van der Waals surface area contributed by atoms with Gasteiger partial charge in [-0.05, 0) is 76.8 Å². The molecule has 1 aliphatic rings. The first-order chi connectivity index (χ1) is 30.6. The second kappa shape index (κ2) is 26.8. The average Bonchev–Trinajstić information content (AvgIpc) is 3.97. The minimum absolute atomic E-state index is 0.00347. The van der Waals surface area contributed by atoms with Gasteiger partial charge in [-0.15, -0.1) is 11.3 Å². The summed E-state index contributed by atoms with van der Waals surface area (Å²) in [6.07, 6.45) is 3.23. The number of ether oxygens (including phenoxy) is 3.